The number of carbonyl (C=O) groups excluding carboxylic acids is 1. The SMILES string of the molecule is N[C@@H](Cn1ccc(-c2ccc(Oc3ncc(-c4cc[nH]n4)cc3F)cc2)n1)C(O)c1ccccc1C(=O)NCC(=O)O. The van der Waals surface area contributed by atoms with E-state index in [1.807, 2.05) is 0 Å². The number of aromatic amines is 1. The third-order valence-electron chi connectivity index (χ3n) is 6.34. The van der Waals surface area contributed by atoms with E-state index >= 15 is 0 Å². The lowest BCUT2D eigenvalue weighted by atomic mass is 9.97. The van der Waals surface area contributed by atoms with E-state index in [1.165, 1.54) is 18.3 Å². The number of aliphatic carboxylic acids is 1. The first-order chi connectivity index (χ1) is 20.3. The summed E-state index contributed by atoms with van der Waals surface area (Å²) in [5, 5.41) is 33.2. The van der Waals surface area contributed by atoms with Crippen molar-refractivity contribution in [3.63, 3.8) is 0 Å². The average molecular weight is 572 g/mol. The summed E-state index contributed by atoms with van der Waals surface area (Å²) in [5.41, 5.74) is 9.15. The lowest BCUT2D eigenvalue weighted by molar-refractivity contribution is -0.135. The Kier molecular flexibility index (Phi) is 8.32. The van der Waals surface area contributed by atoms with E-state index in [-0.39, 0.29) is 23.6 Å². The zero-order chi connectivity index (χ0) is 29.6. The lowest BCUT2D eigenvalue weighted by Crippen LogP contribution is -2.35. The number of nitrogens with one attached hydrogen (secondary N) is 2. The second-order valence-electron chi connectivity index (χ2n) is 9.29. The summed E-state index contributed by atoms with van der Waals surface area (Å²) in [7, 11) is 0. The van der Waals surface area contributed by atoms with Crippen molar-refractivity contribution < 1.29 is 28.9 Å². The number of carboxylic acid groups (broad SMARTS) is 1. The molecule has 0 bridgehead atoms. The molecule has 1 amide bonds. The number of hydrogen-bond acceptors (Lipinski definition) is 8. The van der Waals surface area contributed by atoms with Crippen LogP contribution in [0.4, 0.5) is 4.39 Å². The largest absolute Gasteiger partial charge is 0.480 e. The molecule has 0 radical (unpaired) electrons. The standard InChI is InChI=1S/C29H26FN7O5/c30-22-13-18(24-9-11-34-35-24)14-33-29(22)42-19-7-5-17(6-8-19)25-10-12-37(36-25)16-23(31)27(40)20-3-1-2-4-21(20)28(41)32-15-26(38)39/h1-14,23,27,40H,15-16,31H2,(H,32,41)(H,34,35)(H,38,39)/t23-,27?/m0/s1. The van der Waals surface area contributed by atoms with Crippen LogP contribution in [0.15, 0.2) is 85.3 Å². The molecule has 12 nitrogen and oxygen atoms in total. The van der Waals surface area contributed by atoms with E-state index in [2.05, 4.69) is 25.6 Å². The zero-order valence-electron chi connectivity index (χ0n) is 22.0. The summed E-state index contributed by atoms with van der Waals surface area (Å²) in [6, 6.07) is 17.1. The van der Waals surface area contributed by atoms with Crippen molar-refractivity contribution in [1.29, 1.82) is 0 Å². The summed E-state index contributed by atoms with van der Waals surface area (Å²) in [5.74, 6) is -2.22. The summed E-state index contributed by atoms with van der Waals surface area (Å²) < 4.78 is 21.7. The van der Waals surface area contributed by atoms with Gasteiger partial charge in [0.05, 0.1) is 30.1 Å². The highest BCUT2D eigenvalue weighted by Crippen LogP contribution is 2.28. The van der Waals surface area contributed by atoms with Crippen molar-refractivity contribution in [3.8, 4) is 34.1 Å². The predicted molar refractivity (Wildman–Crippen MR) is 149 cm³/mol. The third-order valence-corrected chi connectivity index (χ3v) is 6.34. The van der Waals surface area contributed by atoms with E-state index < -0.39 is 36.4 Å². The monoisotopic (exact) mass is 571 g/mol. The van der Waals surface area contributed by atoms with Crippen LogP contribution in [0.5, 0.6) is 11.6 Å². The number of halogens is 1. The Morgan fingerprint density at radius 3 is 2.57 bits per heavy atom. The van der Waals surface area contributed by atoms with Crippen molar-refractivity contribution in [3.05, 3.63) is 102 Å². The molecule has 0 fully saturated rings. The fourth-order valence-electron chi connectivity index (χ4n) is 4.24. The second-order valence-corrected chi connectivity index (χ2v) is 9.29. The molecule has 0 saturated carbocycles. The quantitative estimate of drug-likeness (QED) is 0.159. The zero-order valence-corrected chi connectivity index (χ0v) is 22.0. The molecule has 6 N–H and O–H groups in total. The number of aromatic nitrogens is 5. The molecule has 42 heavy (non-hydrogen) atoms. The molecule has 0 spiro atoms. The normalized spacial score (nSPS) is 12.5. The van der Waals surface area contributed by atoms with Crippen LogP contribution >= 0.6 is 0 Å². The fourth-order valence-corrected chi connectivity index (χ4v) is 4.24. The number of rotatable bonds is 11. The minimum absolute atomic E-state index is 0.132. The first-order valence-corrected chi connectivity index (χ1v) is 12.8. The van der Waals surface area contributed by atoms with Gasteiger partial charge in [-0.3, -0.25) is 19.4 Å². The number of amides is 1. The molecule has 0 saturated heterocycles. The van der Waals surface area contributed by atoms with Crippen LogP contribution in [-0.4, -0.2) is 59.6 Å². The van der Waals surface area contributed by atoms with E-state index in [4.69, 9.17) is 15.6 Å². The lowest BCUT2D eigenvalue weighted by Gasteiger charge is -2.21. The van der Waals surface area contributed by atoms with Gasteiger partial charge in [0, 0.05) is 35.3 Å². The number of carbonyl (C=O) groups is 2. The Hall–Kier alpha value is -5.40. The van der Waals surface area contributed by atoms with Crippen LogP contribution in [0.3, 0.4) is 0 Å². The Morgan fingerprint density at radius 1 is 1.07 bits per heavy atom. The number of H-pyrrole nitrogens is 1. The average Bonchev–Trinajstić information content (AvgIpc) is 3.70. The minimum Gasteiger partial charge on any atom is -0.480 e. The summed E-state index contributed by atoms with van der Waals surface area (Å²) >= 11 is 0. The molecule has 5 aromatic rings. The fraction of sp³-hybridized carbons (Fsp3) is 0.138. The van der Waals surface area contributed by atoms with Crippen molar-refractivity contribution in [1.82, 2.24) is 30.3 Å². The number of ether oxygens (including phenoxy) is 1. The van der Waals surface area contributed by atoms with Gasteiger partial charge in [0.2, 0.25) is 0 Å². The Balaban J connectivity index is 1.22. The van der Waals surface area contributed by atoms with Crippen molar-refractivity contribution >= 4 is 11.9 Å². The number of benzene rings is 2. The summed E-state index contributed by atoms with van der Waals surface area (Å²) in [6.45, 7) is -0.418. The molecule has 5 rings (SSSR count). The Morgan fingerprint density at radius 2 is 1.86 bits per heavy atom. The van der Waals surface area contributed by atoms with Gasteiger partial charge in [-0.1, -0.05) is 18.2 Å². The van der Waals surface area contributed by atoms with Gasteiger partial charge in [-0.15, -0.1) is 0 Å². The van der Waals surface area contributed by atoms with Crippen LogP contribution in [-0.2, 0) is 11.3 Å². The summed E-state index contributed by atoms with van der Waals surface area (Å²) in [4.78, 5) is 27.3. The molecule has 13 heteroatoms. The number of pyridine rings is 1. The molecule has 0 aliphatic rings. The van der Waals surface area contributed by atoms with Crippen LogP contribution in [0, 0.1) is 5.82 Å². The van der Waals surface area contributed by atoms with Crippen LogP contribution < -0.4 is 15.8 Å². The maximum Gasteiger partial charge on any atom is 0.322 e. The van der Waals surface area contributed by atoms with E-state index in [0.717, 1.165) is 5.56 Å². The van der Waals surface area contributed by atoms with E-state index in [0.29, 0.717) is 22.7 Å². The van der Waals surface area contributed by atoms with Crippen LogP contribution in [0.2, 0.25) is 0 Å². The van der Waals surface area contributed by atoms with Gasteiger partial charge < -0.3 is 26.0 Å². The van der Waals surface area contributed by atoms with Gasteiger partial charge in [-0.05, 0) is 54.1 Å². The molecule has 2 atom stereocenters. The van der Waals surface area contributed by atoms with Gasteiger partial charge in [-0.2, -0.15) is 10.2 Å². The highest BCUT2D eigenvalue weighted by atomic mass is 19.1. The first-order valence-electron chi connectivity index (χ1n) is 12.8. The molecule has 0 aliphatic heterocycles. The van der Waals surface area contributed by atoms with Gasteiger partial charge in [0.25, 0.3) is 11.8 Å². The predicted octanol–water partition coefficient (Wildman–Crippen LogP) is 3.14. The number of carboxylic acids is 1. The summed E-state index contributed by atoms with van der Waals surface area (Å²) in [6.07, 6.45) is 3.60. The van der Waals surface area contributed by atoms with Gasteiger partial charge >= 0.3 is 5.97 Å². The topological polar surface area (TPSA) is 181 Å². The van der Waals surface area contributed by atoms with Crippen molar-refractivity contribution in [2.75, 3.05) is 6.54 Å². The van der Waals surface area contributed by atoms with Gasteiger partial charge in [0.15, 0.2) is 5.82 Å². The molecule has 2 aromatic carbocycles. The molecule has 0 aliphatic carbocycles. The number of nitrogens with two attached hydrogens (primary N) is 1. The van der Waals surface area contributed by atoms with Crippen molar-refractivity contribution in [2.45, 2.75) is 18.7 Å². The van der Waals surface area contributed by atoms with Gasteiger partial charge in [0.1, 0.15) is 12.3 Å². The number of aliphatic hydroxyl groups is 1. The number of nitrogens with zero attached hydrogens (tertiary/aromatic N) is 4. The smallest absolute Gasteiger partial charge is 0.322 e. The maximum atomic E-state index is 14.6. The van der Waals surface area contributed by atoms with E-state index in [1.54, 1.807) is 71.7 Å². The molecular formula is C29H26FN7O5. The highest BCUT2D eigenvalue weighted by molar-refractivity contribution is 5.97. The van der Waals surface area contributed by atoms with Crippen molar-refractivity contribution in [2.24, 2.45) is 5.73 Å². The van der Waals surface area contributed by atoms with Crippen LogP contribution in [0.1, 0.15) is 22.0 Å². The Labute approximate surface area is 238 Å². The molecule has 214 valence electrons. The third kappa shape index (κ3) is 6.49. The molecule has 3 heterocycles. The minimum atomic E-state index is -1.22. The molecule has 1 unspecified atom stereocenters. The Bertz CT molecular complexity index is 1690. The second kappa shape index (κ2) is 12.4. The maximum absolute atomic E-state index is 14.6. The number of hydrogen-bond donors (Lipinski definition) is 5. The van der Waals surface area contributed by atoms with Crippen LogP contribution in [0.25, 0.3) is 22.5 Å². The molecule has 3 aromatic heterocycles. The first kappa shape index (κ1) is 28.1. The van der Waals surface area contributed by atoms with E-state index in [9.17, 15) is 19.1 Å². The number of aliphatic hydroxyl groups excluding tert-OH is 1. The highest BCUT2D eigenvalue weighted by Gasteiger charge is 2.23. The molecular weight excluding hydrogens is 545 g/mol. The van der Waals surface area contributed by atoms with Gasteiger partial charge in [-0.25, -0.2) is 9.37 Å².